The van der Waals surface area contributed by atoms with Crippen LogP contribution in [0.25, 0.3) is 0 Å². The summed E-state index contributed by atoms with van der Waals surface area (Å²) in [6.45, 7) is 5.48. The maximum Gasteiger partial charge on any atom is 0.263 e. The number of ether oxygens (including phenoxy) is 1. The summed E-state index contributed by atoms with van der Waals surface area (Å²) in [5.74, 6) is -1.20. The second-order valence-electron chi connectivity index (χ2n) is 13.7. The summed E-state index contributed by atoms with van der Waals surface area (Å²) in [6, 6.07) is 16.8. The molecule has 4 aromatic rings. The van der Waals surface area contributed by atoms with Gasteiger partial charge in [0.1, 0.15) is 24.0 Å². The van der Waals surface area contributed by atoms with Crippen molar-refractivity contribution < 1.29 is 33.3 Å². The van der Waals surface area contributed by atoms with Crippen molar-refractivity contribution in [1.29, 1.82) is 0 Å². The third-order valence-electron chi connectivity index (χ3n) is 9.69. The van der Waals surface area contributed by atoms with Crippen molar-refractivity contribution in [1.82, 2.24) is 25.1 Å². The highest BCUT2D eigenvalue weighted by atomic mass is 35.5. The van der Waals surface area contributed by atoms with Crippen molar-refractivity contribution in [3.8, 4) is 5.75 Å². The van der Waals surface area contributed by atoms with Gasteiger partial charge >= 0.3 is 0 Å². The summed E-state index contributed by atoms with van der Waals surface area (Å²) in [4.78, 5) is 78.3. The molecule has 0 saturated carbocycles. The molecule has 3 aromatic carbocycles. The molecule has 3 aliphatic rings. The molecule has 1 atom stereocenters. The summed E-state index contributed by atoms with van der Waals surface area (Å²) < 4.78 is 18.6. The number of aromatic nitrogens is 2. The minimum Gasteiger partial charge on any atom is -0.494 e. The molecule has 0 radical (unpaired) electrons. The quantitative estimate of drug-likeness (QED) is 0.108. The van der Waals surface area contributed by atoms with Gasteiger partial charge in [-0.3, -0.25) is 34.2 Å². The van der Waals surface area contributed by atoms with Gasteiger partial charge in [0.25, 0.3) is 11.8 Å². The molecule has 5 amide bonds. The lowest BCUT2D eigenvalue weighted by Crippen LogP contribution is -2.54. The van der Waals surface area contributed by atoms with E-state index in [4.69, 9.17) is 16.3 Å². The Hall–Kier alpha value is -5.44. The fourth-order valence-corrected chi connectivity index (χ4v) is 9.11. The number of piperazine rings is 1. The summed E-state index contributed by atoms with van der Waals surface area (Å²) in [6.07, 6.45) is 1.57. The van der Waals surface area contributed by atoms with Crippen LogP contribution in [0.1, 0.15) is 33.6 Å². The van der Waals surface area contributed by atoms with Crippen molar-refractivity contribution in [2.75, 3.05) is 67.9 Å². The van der Waals surface area contributed by atoms with Crippen LogP contribution >= 0.6 is 30.5 Å². The van der Waals surface area contributed by atoms with Crippen molar-refractivity contribution in [2.24, 2.45) is 0 Å². The molecular weight excluding hydrogens is 779 g/mol. The number of thioether (sulfide) groups is 1. The average molecular weight is 817 g/mol. The van der Waals surface area contributed by atoms with E-state index in [9.17, 15) is 28.5 Å². The molecule has 1 unspecified atom stereocenters. The van der Waals surface area contributed by atoms with Gasteiger partial charge < -0.3 is 29.7 Å². The summed E-state index contributed by atoms with van der Waals surface area (Å²) in [5, 5.41) is 9.57. The zero-order valence-electron chi connectivity index (χ0n) is 30.7. The number of piperidine rings is 1. The lowest BCUT2D eigenvalue weighted by atomic mass is 10.0. The first-order chi connectivity index (χ1) is 26.8. The number of carbonyl (C=O) groups excluding carboxylic acids is 5. The van der Waals surface area contributed by atoms with Crippen LogP contribution in [0.4, 0.5) is 28.8 Å². The molecule has 2 fully saturated rings. The molecule has 18 heteroatoms. The molecule has 56 heavy (non-hydrogen) atoms. The lowest BCUT2D eigenvalue weighted by molar-refractivity contribution is -0.136. The zero-order valence-corrected chi connectivity index (χ0v) is 33.2. The van der Waals surface area contributed by atoms with Crippen LogP contribution in [0.15, 0.2) is 71.8 Å². The average Bonchev–Trinajstić information content (AvgIpc) is 3.44. The number of hydrogen-bond acceptors (Lipinski definition) is 13. The molecule has 0 bridgehead atoms. The van der Waals surface area contributed by atoms with E-state index < -0.39 is 36.8 Å². The predicted octanol–water partition coefficient (Wildman–Crippen LogP) is 4.72. The largest absolute Gasteiger partial charge is 0.494 e. The Labute approximate surface area is 331 Å². The summed E-state index contributed by atoms with van der Waals surface area (Å²) >= 11 is 7.61. The molecule has 0 aliphatic carbocycles. The molecule has 3 aliphatic heterocycles. The molecule has 3 N–H and O–H groups in total. The van der Waals surface area contributed by atoms with Gasteiger partial charge in [-0.2, -0.15) is 4.98 Å². The number of nitrogens with one attached hydrogen (secondary N) is 3. The van der Waals surface area contributed by atoms with Gasteiger partial charge in [-0.1, -0.05) is 29.8 Å². The van der Waals surface area contributed by atoms with Gasteiger partial charge in [-0.25, -0.2) is 4.98 Å². The number of imide groups is 2. The number of methoxy groups -OCH3 is 1. The second kappa shape index (κ2) is 16.0. The second-order valence-corrected chi connectivity index (χ2v) is 18.3. The maximum absolute atomic E-state index is 13.4. The number of fused-ring (bicyclic) bond motifs is 1. The molecule has 4 heterocycles. The molecule has 7 rings (SSSR count). The Morgan fingerprint density at radius 3 is 2.48 bits per heavy atom. The fourth-order valence-electron chi connectivity index (χ4n) is 6.84. The number of amides is 5. The van der Waals surface area contributed by atoms with Crippen LogP contribution in [0, 0.1) is 0 Å². The summed E-state index contributed by atoms with van der Waals surface area (Å²) in [5.41, 5.74) is 2.51. The van der Waals surface area contributed by atoms with Crippen molar-refractivity contribution >= 4 is 94.2 Å². The van der Waals surface area contributed by atoms with Crippen molar-refractivity contribution in [3.05, 3.63) is 83.0 Å². The number of anilines is 5. The van der Waals surface area contributed by atoms with Crippen molar-refractivity contribution in [2.45, 2.75) is 23.8 Å². The number of hydrogen-bond donors (Lipinski definition) is 3. The van der Waals surface area contributed by atoms with Gasteiger partial charge in [0, 0.05) is 54.6 Å². The van der Waals surface area contributed by atoms with Gasteiger partial charge in [0.05, 0.1) is 41.6 Å². The Morgan fingerprint density at radius 2 is 1.75 bits per heavy atom. The van der Waals surface area contributed by atoms with Crippen molar-refractivity contribution in [3.63, 3.8) is 0 Å². The molecule has 290 valence electrons. The molecule has 1 aromatic heterocycles. The van der Waals surface area contributed by atoms with Crippen LogP contribution in [0.2, 0.25) is 5.02 Å². The summed E-state index contributed by atoms with van der Waals surface area (Å²) in [7, 11) is -1.02. The van der Waals surface area contributed by atoms with E-state index in [1.165, 1.54) is 24.0 Å². The predicted molar refractivity (Wildman–Crippen MR) is 215 cm³/mol. The van der Waals surface area contributed by atoms with E-state index in [-0.39, 0.29) is 41.6 Å². The van der Waals surface area contributed by atoms with E-state index in [0.717, 1.165) is 10.6 Å². The smallest absolute Gasteiger partial charge is 0.263 e. The Morgan fingerprint density at radius 1 is 0.982 bits per heavy atom. The Kier molecular flexibility index (Phi) is 11.1. The molecule has 15 nitrogen and oxygen atoms in total. The topological polar surface area (TPSA) is 183 Å². The maximum atomic E-state index is 13.4. The molecule has 0 spiro atoms. The minimum absolute atomic E-state index is 0.0320. The third kappa shape index (κ3) is 7.95. The number of nitrogens with zero attached hydrogens (tertiary/aromatic N) is 5. The highest BCUT2D eigenvalue weighted by molar-refractivity contribution is 8.00. The Bertz CT molecular complexity index is 2320. The van der Waals surface area contributed by atoms with Crippen LogP contribution in [-0.2, 0) is 18.9 Å². The Balaban J connectivity index is 0.960. The van der Waals surface area contributed by atoms with E-state index in [2.05, 4.69) is 30.8 Å². The first-order valence-corrected chi connectivity index (χ1v) is 21.7. The fraction of sp³-hybridized carbons (Fsp3) is 0.289. The lowest BCUT2D eigenvalue weighted by Gasteiger charge is -2.36. The van der Waals surface area contributed by atoms with Crippen LogP contribution in [-0.4, -0.2) is 108 Å². The highest BCUT2D eigenvalue weighted by Crippen LogP contribution is 2.39. The van der Waals surface area contributed by atoms with Crippen LogP contribution < -0.4 is 30.9 Å². The SMILES string of the molecule is COc1cc(N2CCN(C(=O)CSc3cccc4c3C(=O)N(C3CCC(=O)NC3=O)C4=O)CC2)ccc1Nc1ncc(Cl)c(Nc2ccccc2P(C)(C)=O)n1. The highest BCUT2D eigenvalue weighted by Gasteiger charge is 2.45. The van der Waals surface area contributed by atoms with E-state index in [1.54, 1.807) is 37.5 Å². The van der Waals surface area contributed by atoms with Crippen LogP contribution in [0.3, 0.4) is 0 Å². The number of para-hydroxylation sites is 1. The van der Waals surface area contributed by atoms with E-state index in [0.29, 0.717) is 64.3 Å². The monoisotopic (exact) mass is 816 g/mol. The zero-order chi connectivity index (χ0) is 39.7. The first kappa shape index (κ1) is 38.8. The van der Waals surface area contributed by atoms with Gasteiger partial charge in [0.2, 0.25) is 23.7 Å². The standard InChI is InChI=1S/C38H38ClN8O7PS/c1-54-28-19-22(11-12-25(28)42-38-40-20-24(39)34(44-38)41-26-8-4-5-9-29(26)55(2,3)53)45-15-17-46(18-16-45)32(49)21-56-30-10-6-7-23-33(30)37(52)47(36(23)51)27-13-14-31(48)43-35(27)50/h4-12,19-20,27H,13-18,21H2,1-3H3,(H,43,48,50)(H2,40,41,42,44). The number of benzene rings is 3. The third-order valence-corrected chi connectivity index (χ3v) is 12.6. The molecule has 2 saturated heterocycles. The van der Waals surface area contributed by atoms with Crippen LogP contribution in [0.5, 0.6) is 5.75 Å². The molecular formula is C38H38ClN8O7PS. The number of carbonyl (C=O) groups is 5. The van der Waals surface area contributed by atoms with E-state index in [1.807, 2.05) is 42.5 Å². The normalized spacial score (nSPS) is 17.1. The first-order valence-electron chi connectivity index (χ1n) is 17.7. The van der Waals surface area contributed by atoms with Gasteiger partial charge in [-0.05, 0) is 56.1 Å². The van der Waals surface area contributed by atoms with Gasteiger partial charge in [0.15, 0.2) is 5.82 Å². The minimum atomic E-state index is -2.58. The number of rotatable bonds is 11. The number of halogens is 1. The van der Waals surface area contributed by atoms with Gasteiger partial charge in [-0.15, -0.1) is 11.8 Å². The van der Waals surface area contributed by atoms with E-state index >= 15 is 0 Å².